The van der Waals surface area contributed by atoms with Crippen LogP contribution in [0.4, 0.5) is 0 Å². The van der Waals surface area contributed by atoms with Crippen molar-refractivity contribution in [1.29, 1.82) is 0 Å². The number of nitrogens with zero attached hydrogens (tertiary/aromatic N) is 1. The van der Waals surface area contributed by atoms with Gasteiger partial charge in [-0.1, -0.05) is 87.3 Å². The number of hydrogen-bond donors (Lipinski definition) is 1. The second kappa shape index (κ2) is 10.3. The van der Waals surface area contributed by atoms with Gasteiger partial charge in [0.2, 0.25) is 15.9 Å². The fourth-order valence-corrected chi connectivity index (χ4v) is 6.35. The molecule has 34 heavy (non-hydrogen) atoms. The van der Waals surface area contributed by atoms with Crippen LogP contribution in [0, 0.1) is 0 Å². The minimum absolute atomic E-state index is 0.0322. The van der Waals surface area contributed by atoms with Crippen LogP contribution in [0.3, 0.4) is 0 Å². The van der Waals surface area contributed by atoms with Crippen LogP contribution < -0.4 is 4.72 Å². The van der Waals surface area contributed by atoms with Crippen LogP contribution in [0.1, 0.15) is 36.9 Å². The molecule has 0 aliphatic carbocycles. The number of piperidine rings is 1. The van der Waals surface area contributed by atoms with Gasteiger partial charge in [-0.15, -0.1) is 0 Å². The molecule has 0 radical (unpaired) electrons. The number of sulfonamides is 1. The van der Waals surface area contributed by atoms with E-state index in [4.69, 9.17) is 0 Å². The van der Waals surface area contributed by atoms with Gasteiger partial charge >= 0.3 is 0 Å². The number of amides is 1. The van der Waals surface area contributed by atoms with Crippen molar-refractivity contribution in [3.05, 3.63) is 98.9 Å². The zero-order valence-corrected chi connectivity index (χ0v) is 22.7. The minimum Gasteiger partial charge on any atom is -0.341 e. The highest BCUT2D eigenvalue weighted by Gasteiger charge is 2.37. The van der Waals surface area contributed by atoms with Gasteiger partial charge in [0.05, 0.1) is 4.90 Å². The number of rotatable bonds is 6. The number of likely N-dealkylation sites (tertiary alicyclic amines) is 1. The Balaban J connectivity index is 1.56. The molecular formula is C26H26Br2N2O3S. The molecule has 1 heterocycles. The van der Waals surface area contributed by atoms with E-state index in [-0.39, 0.29) is 16.2 Å². The standard InChI is InChI=1S/C26H26Br2N2O3S/c1-26(20-10-12-21(27)13-11-20)14-16-30(17-15-26)25(31)24(19-6-3-2-4-7-19)29-34(32,33)23-9-5-8-22(28)18-23/h2-13,18,24,29H,14-17H2,1H3. The highest BCUT2D eigenvalue weighted by atomic mass is 79.9. The molecule has 5 nitrogen and oxygen atoms in total. The van der Waals surface area contributed by atoms with Gasteiger partial charge in [-0.3, -0.25) is 4.79 Å². The molecule has 1 saturated heterocycles. The summed E-state index contributed by atoms with van der Waals surface area (Å²) >= 11 is 6.81. The van der Waals surface area contributed by atoms with Crippen LogP contribution in [-0.2, 0) is 20.2 Å². The summed E-state index contributed by atoms with van der Waals surface area (Å²) in [4.78, 5) is 15.5. The number of halogens is 2. The van der Waals surface area contributed by atoms with Crippen molar-refractivity contribution in [1.82, 2.24) is 9.62 Å². The largest absolute Gasteiger partial charge is 0.341 e. The number of carbonyl (C=O) groups excluding carboxylic acids is 1. The summed E-state index contributed by atoms with van der Waals surface area (Å²) in [6.07, 6.45) is 1.61. The van der Waals surface area contributed by atoms with Crippen LogP contribution in [0.2, 0.25) is 0 Å². The van der Waals surface area contributed by atoms with Crippen molar-refractivity contribution in [2.24, 2.45) is 0 Å². The van der Waals surface area contributed by atoms with Gasteiger partial charge in [-0.2, -0.15) is 4.72 Å². The molecule has 1 unspecified atom stereocenters. The first-order valence-corrected chi connectivity index (χ1v) is 14.1. The van der Waals surface area contributed by atoms with Gasteiger partial charge < -0.3 is 4.90 Å². The Labute approximate surface area is 217 Å². The molecule has 8 heteroatoms. The van der Waals surface area contributed by atoms with E-state index in [1.165, 1.54) is 17.7 Å². The van der Waals surface area contributed by atoms with E-state index in [1.807, 2.05) is 30.3 Å². The van der Waals surface area contributed by atoms with E-state index in [0.29, 0.717) is 23.1 Å². The smallest absolute Gasteiger partial charge is 0.245 e. The molecule has 0 aromatic heterocycles. The molecule has 1 atom stereocenters. The monoisotopic (exact) mass is 604 g/mol. The predicted molar refractivity (Wildman–Crippen MR) is 141 cm³/mol. The molecule has 178 valence electrons. The molecule has 0 spiro atoms. The van der Waals surface area contributed by atoms with E-state index >= 15 is 0 Å². The fraction of sp³-hybridized carbons (Fsp3) is 0.269. The first kappa shape index (κ1) is 25.1. The zero-order chi connectivity index (χ0) is 24.3. The molecule has 0 saturated carbocycles. The Morgan fingerprint density at radius 2 is 1.56 bits per heavy atom. The van der Waals surface area contributed by atoms with Gasteiger partial charge in [-0.05, 0) is 59.7 Å². The van der Waals surface area contributed by atoms with Crippen molar-refractivity contribution in [3.8, 4) is 0 Å². The second-order valence-corrected chi connectivity index (χ2v) is 12.4. The average molecular weight is 606 g/mol. The molecule has 0 bridgehead atoms. The van der Waals surface area contributed by atoms with E-state index in [1.54, 1.807) is 29.2 Å². The fourth-order valence-electron chi connectivity index (χ4n) is 4.31. The number of carbonyl (C=O) groups is 1. The maximum absolute atomic E-state index is 13.7. The molecule has 3 aromatic rings. The van der Waals surface area contributed by atoms with Gasteiger partial charge in [0.25, 0.3) is 0 Å². The lowest BCUT2D eigenvalue weighted by atomic mass is 9.74. The third-order valence-electron chi connectivity index (χ3n) is 6.48. The van der Waals surface area contributed by atoms with Gasteiger partial charge in [0.1, 0.15) is 6.04 Å². The van der Waals surface area contributed by atoms with Crippen LogP contribution in [-0.4, -0.2) is 32.3 Å². The van der Waals surface area contributed by atoms with Crippen LogP contribution in [0.25, 0.3) is 0 Å². The topological polar surface area (TPSA) is 66.5 Å². The Hall–Kier alpha value is -2.00. The number of nitrogens with one attached hydrogen (secondary N) is 1. The summed E-state index contributed by atoms with van der Waals surface area (Å²) in [5.74, 6) is -0.234. The lowest BCUT2D eigenvalue weighted by Crippen LogP contribution is -2.48. The van der Waals surface area contributed by atoms with Crippen LogP contribution >= 0.6 is 31.9 Å². The van der Waals surface area contributed by atoms with E-state index < -0.39 is 16.1 Å². The predicted octanol–water partition coefficient (Wildman–Crippen LogP) is 5.81. The van der Waals surface area contributed by atoms with Crippen molar-refractivity contribution < 1.29 is 13.2 Å². The van der Waals surface area contributed by atoms with Gasteiger partial charge in [0, 0.05) is 22.0 Å². The Kier molecular flexibility index (Phi) is 7.62. The first-order valence-electron chi connectivity index (χ1n) is 11.1. The van der Waals surface area contributed by atoms with E-state index in [0.717, 1.165) is 17.3 Å². The molecule has 1 fully saturated rings. The lowest BCUT2D eigenvalue weighted by molar-refractivity contribution is -0.134. The maximum atomic E-state index is 13.7. The number of benzene rings is 3. The van der Waals surface area contributed by atoms with Crippen molar-refractivity contribution in [3.63, 3.8) is 0 Å². The van der Waals surface area contributed by atoms with E-state index in [2.05, 4.69) is 55.6 Å². The zero-order valence-electron chi connectivity index (χ0n) is 18.7. The highest BCUT2D eigenvalue weighted by Crippen LogP contribution is 2.36. The molecule has 1 aliphatic heterocycles. The van der Waals surface area contributed by atoms with Crippen molar-refractivity contribution in [2.75, 3.05) is 13.1 Å². The third-order valence-corrected chi connectivity index (χ3v) is 8.92. The van der Waals surface area contributed by atoms with Crippen LogP contribution in [0.5, 0.6) is 0 Å². The summed E-state index contributed by atoms with van der Waals surface area (Å²) in [6, 6.07) is 22.8. The minimum atomic E-state index is -3.92. The molecule has 1 N–H and O–H groups in total. The first-order chi connectivity index (χ1) is 16.2. The summed E-state index contributed by atoms with van der Waals surface area (Å²) in [5, 5.41) is 0. The molecule has 3 aromatic carbocycles. The summed E-state index contributed by atoms with van der Waals surface area (Å²) < 4.78 is 30.7. The quantitative estimate of drug-likeness (QED) is 0.385. The summed E-state index contributed by atoms with van der Waals surface area (Å²) in [7, 11) is -3.92. The Morgan fingerprint density at radius 3 is 2.18 bits per heavy atom. The second-order valence-electron chi connectivity index (χ2n) is 8.82. The average Bonchev–Trinajstić information content (AvgIpc) is 2.83. The normalized spacial score (nSPS) is 16.7. The van der Waals surface area contributed by atoms with Crippen molar-refractivity contribution >= 4 is 47.8 Å². The molecule has 1 amide bonds. The SMILES string of the molecule is CC1(c2ccc(Br)cc2)CCN(C(=O)C(NS(=O)(=O)c2cccc(Br)c2)c2ccccc2)CC1. The molecule has 1 aliphatic rings. The Bertz CT molecular complexity index is 1260. The highest BCUT2D eigenvalue weighted by molar-refractivity contribution is 9.10. The van der Waals surface area contributed by atoms with Gasteiger partial charge in [-0.25, -0.2) is 8.42 Å². The number of hydrogen-bond acceptors (Lipinski definition) is 3. The lowest BCUT2D eigenvalue weighted by Gasteiger charge is -2.41. The van der Waals surface area contributed by atoms with E-state index in [9.17, 15) is 13.2 Å². The van der Waals surface area contributed by atoms with Crippen molar-refractivity contribution in [2.45, 2.75) is 36.1 Å². The van der Waals surface area contributed by atoms with Crippen LogP contribution in [0.15, 0.2) is 92.7 Å². The summed E-state index contributed by atoms with van der Waals surface area (Å²) in [6.45, 7) is 3.35. The third kappa shape index (κ3) is 5.62. The summed E-state index contributed by atoms with van der Waals surface area (Å²) in [5.41, 5.74) is 1.83. The Morgan fingerprint density at radius 1 is 0.912 bits per heavy atom. The molecular weight excluding hydrogens is 580 g/mol. The molecule has 4 rings (SSSR count). The van der Waals surface area contributed by atoms with Gasteiger partial charge in [0.15, 0.2) is 0 Å². The maximum Gasteiger partial charge on any atom is 0.245 e.